The Morgan fingerprint density at radius 1 is 1.00 bits per heavy atom. The van der Waals surface area contributed by atoms with Gasteiger partial charge in [-0.25, -0.2) is 0 Å². The fraction of sp³-hybridized carbons (Fsp3) is 0.600. The topological polar surface area (TPSA) is 26.0 Å². The average molecular weight is 219 g/mol. The van der Waals surface area contributed by atoms with Crippen LogP contribution >= 0.6 is 0 Å². The molecular weight excluding hydrogens is 194 g/mol. The lowest BCUT2D eigenvalue weighted by atomic mass is 9.80. The van der Waals surface area contributed by atoms with E-state index in [1.807, 2.05) is 0 Å². The second kappa shape index (κ2) is 6.05. The van der Waals surface area contributed by atoms with Gasteiger partial charge in [0.25, 0.3) is 0 Å². The molecule has 2 unspecified atom stereocenters. The molecule has 0 saturated carbocycles. The minimum Gasteiger partial charge on any atom is -0.327 e. The van der Waals surface area contributed by atoms with E-state index in [4.69, 9.17) is 5.73 Å². The Morgan fingerprint density at radius 2 is 1.56 bits per heavy atom. The van der Waals surface area contributed by atoms with Gasteiger partial charge in [-0.15, -0.1) is 0 Å². The van der Waals surface area contributed by atoms with Gasteiger partial charge in [-0.1, -0.05) is 58.0 Å². The number of hydrogen-bond acceptors (Lipinski definition) is 1. The molecule has 0 aliphatic heterocycles. The molecule has 0 saturated heterocycles. The van der Waals surface area contributed by atoms with Gasteiger partial charge in [0.05, 0.1) is 0 Å². The molecule has 1 nitrogen and oxygen atoms in total. The van der Waals surface area contributed by atoms with Crippen LogP contribution in [0.4, 0.5) is 0 Å². The van der Waals surface area contributed by atoms with Crippen LogP contribution in [0.25, 0.3) is 0 Å². The third-order valence-electron chi connectivity index (χ3n) is 3.19. The van der Waals surface area contributed by atoms with E-state index in [2.05, 4.69) is 58.0 Å². The third-order valence-corrected chi connectivity index (χ3v) is 3.19. The molecule has 0 amide bonds. The maximum Gasteiger partial charge on any atom is 0.0131 e. The average Bonchev–Trinajstić information content (AvgIpc) is 2.26. The summed E-state index contributed by atoms with van der Waals surface area (Å²) in [4.78, 5) is 0. The predicted molar refractivity (Wildman–Crippen MR) is 71.5 cm³/mol. The number of rotatable bonds is 5. The van der Waals surface area contributed by atoms with Gasteiger partial charge >= 0.3 is 0 Å². The molecule has 0 fully saturated rings. The molecule has 0 aliphatic rings. The van der Waals surface area contributed by atoms with Gasteiger partial charge in [-0.2, -0.15) is 0 Å². The van der Waals surface area contributed by atoms with Crippen LogP contribution in [0.5, 0.6) is 0 Å². The maximum atomic E-state index is 6.34. The fourth-order valence-electron chi connectivity index (χ4n) is 2.19. The van der Waals surface area contributed by atoms with Crippen LogP contribution < -0.4 is 5.73 Å². The lowest BCUT2D eigenvalue weighted by Gasteiger charge is -2.28. The van der Waals surface area contributed by atoms with Crippen LogP contribution in [0.3, 0.4) is 0 Å². The van der Waals surface area contributed by atoms with E-state index in [-0.39, 0.29) is 6.04 Å². The normalized spacial score (nSPS) is 15.4. The Labute approximate surface area is 100 Å². The summed E-state index contributed by atoms with van der Waals surface area (Å²) in [5, 5.41) is 0. The molecule has 0 heterocycles. The van der Waals surface area contributed by atoms with Crippen molar-refractivity contribution in [3.05, 3.63) is 35.9 Å². The largest absolute Gasteiger partial charge is 0.327 e. The second-order valence-corrected chi connectivity index (χ2v) is 5.47. The highest BCUT2D eigenvalue weighted by Gasteiger charge is 2.23. The standard InChI is InChI=1S/C15H25N/c1-11(2)10-14(15(16)12(3)4)13-8-6-5-7-9-13/h5-9,11-12,14-15H,10,16H2,1-4H3. The molecule has 16 heavy (non-hydrogen) atoms. The van der Waals surface area contributed by atoms with E-state index in [9.17, 15) is 0 Å². The third kappa shape index (κ3) is 3.64. The molecule has 0 aliphatic carbocycles. The van der Waals surface area contributed by atoms with Crippen molar-refractivity contribution in [2.24, 2.45) is 17.6 Å². The Kier molecular flexibility index (Phi) is 5.01. The van der Waals surface area contributed by atoms with Crippen LogP contribution in [-0.4, -0.2) is 6.04 Å². The summed E-state index contributed by atoms with van der Waals surface area (Å²) >= 11 is 0. The molecule has 2 N–H and O–H groups in total. The SMILES string of the molecule is CC(C)CC(c1ccccc1)C(N)C(C)C. The van der Waals surface area contributed by atoms with Gasteiger partial charge in [-0.3, -0.25) is 0 Å². The Morgan fingerprint density at radius 3 is 2.00 bits per heavy atom. The summed E-state index contributed by atoms with van der Waals surface area (Å²) in [7, 11) is 0. The first-order valence-electron chi connectivity index (χ1n) is 6.33. The molecule has 0 bridgehead atoms. The molecule has 2 atom stereocenters. The molecule has 0 radical (unpaired) electrons. The molecule has 0 aromatic heterocycles. The minimum atomic E-state index is 0.254. The van der Waals surface area contributed by atoms with Crippen LogP contribution in [0.2, 0.25) is 0 Å². The van der Waals surface area contributed by atoms with E-state index < -0.39 is 0 Å². The van der Waals surface area contributed by atoms with Crippen molar-refractivity contribution < 1.29 is 0 Å². The number of nitrogens with two attached hydrogens (primary N) is 1. The lowest BCUT2D eigenvalue weighted by Crippen LogP contribution is -2.34. The molecule has 0 spiro atoms. The highest BCUT2D eigenvalue weighted by molar-refractivity contribution is 5.21. The van der Waals surface area contributed by atoms with Gasteiger partial charge in [0.15, 0.2) is 0 Å². The summed E-state index contributed by atoms with van der Waals surface area (Å²) in [6.45, 7) is 8.95. The van der Waals surface area contributed by atoms with Crippen molar-refractivity contribution >= 4 is 0 Å². The van der Waals surface area contributed by atoms with E-state index in [1.54, 1.807) is 0 Å². The molecule has 90 valence electrons. The van der Waals surface area contributed by atoms with Gasteiger partial charge < -0.3 is 5.73 Å². The summed E-state index contributed by atoms with van der Waals surface area (Å²) in [6.07, 6.45) is 1.17. The van der Waals surface area contributed by atoms with Crippen molar-refractivity contribution in [3.63, 3.8) is 0 Å². The zero-order chi connectivity index (χ0) is 12.1. The van der Waals surface area contributed by atoms with E-state index >= 15 is 0 Å². The van der Waals surface area contributed by atoms with Crippen LogP contribution in [0.1, 0.15) is 45.6 Å². The number of benzene rings is 1. The van der Waals surface area contributed by atoms with Crippen LogP contribution in [0, 0.1) is 11.8 Å². The highest BCUT2D eigenvalue weighted by atomic mass is 14.7. The Hall–Kier alpha value is -0.820. The second-order valence-electron chi connectivity index (χ2n) is 5.47. The van der Waals surface area contributed by atoms with Crippen molar-refractivity contribution in [2.75, 3.05) is 0 Å². The van der Waals surface area contributed by atoms with Crippen molar-refractivity contribution in [1.29, 1.82) is 0 Å². The van der Waals surface area contributed by atoms with Gasteiger partial charge in [0.1, 0.15) is 0 Å². The Balaban J connectivity index is 2.87. The predicted octanol–water partition coefficient (Wildman–Crippen LogP) is 3.80. The molecule has 1 aromatic carbocycles. The van der Waals surface area contributed by atoms with E-state index in [1.165, 1.54) is 12.0 Å². The van der Waals surface area contributed by atoms with E-state index in [0.717, 1.165) is 0 Å². The van der Waals surface area contributed by atoms with Gasteiger partial charge in [0.2, 0.25) is 0 Å². The van der Waals surface area contributed by atoms with Gasteiger partial charge in [0, 0.05) is 6.04 Å². The molecule has 1 aromatic rings. The molecular formula is C15H25N. The van der Waals surface area contributed by atoms with Crippen molar-refractivity contribution in [3.8, 4) is 0 Å². The summed E-state index contributed by atoms with van der Waals surface area (Å²) in [5.41, 5.74) is 7.73. The smallest absolute Gasteiger partial charge is 0.0131 e. The summed E-state index contributed by atoms with van der Waals surface area (Å²) in [6, 6.07) is 10.9. The maximum absolute atomic E-state index is 6.34. The monoisotopic (exact) mass is 219 g/mol. The zero-order valence-corrected chi connectivity index (χ0v) is 11.0. The fourth-order valence-corrected chi connectivity index (χ4v) is 2.19. The van der Waals surface area contributed by atoms with Crippen molar-refractivity contribution in [2.45, 2.75) is 46.1 Å². The lowest BCUT2D eigenvalue weighted by molar-refractivity contribution is 0.366. The minimum absolute atomic E-state index is 0.254. The molecule has 1 heteroatoms. The summed E-state index contributed by atoms with van der Waals surface area (Å²) < 4.78 is 0. The Bertz CT molecular complexity index is 290. The number of hydrogen-bond donors (Lipinski definition) is 1. The highest BCUT2D eigenvalue weighted by Crippen LogP contribution is 2.29. The van der Waals surface area contributed by atoms with Crippen LogP contribution in [-0.2, 0) is 0 Å². The first kappa shape index (κ1) is 13.2. The first-order valence-corrected chi connectivity index (χ1v) is 6.33. The quantitative estimate of drug-likeness (QED) is 0.801. The van der Waals surface area contributed by atoms with Gasteiger partial charge in [-0.05, 0) is 29.7 Å². The van der Waals surface area contributed by atoms with Crippen molar-refractivity contribution in [1.82, 2.24) is 0 Å². The van der Waals surface area contributed by atoms with Crippen LogP contribution in [0.15, 0.2) is 30.3 Å². The first-order chi connectivity index (χ1) is 7.52. The molecule has 1 rings (SSSR count). The van der Waals surface area contributed by atoms with E-state index in [0.29, 0.717) is 17.8 Å². The zero-order valence-electron chi connectivity index (χ0n) is 11.0. The summed E-state index contributed by atoms with van der Waals surface area (Å²) in [5.74, 6) is 1.71.